The van der Waals surface area contributed by atoms with Gasteiger partial charge in [0.25, 0.3) is 0 Å². The molecule has 3 heterocycles. The fourth-order valence-electron chi connectivity index (χ4n) is 4.64. The smallest absolute Gasteiger partial charge is 0.246 e. The van der Waals surface area contributed by atoms with Gasteiger partial charge in [-0.25, -0.2) is 0 Å². The summed E-state index contributed by atoms with van der Waals surface area (Å²) in [5, 5.41) is 4.77. The lowest BCUT2D eigenvalue weighted by Crippen LogP contribution is -2.52. The number of pyridine rings is 1. The highest BCUT2D eigenvalue weighted by Crippen LogP contribution is 2.27. The SMILES string of the molecule is COC1C=C(N2CCN(C(=O)Cn3nc(-c4cc(C)c(C)cn4)cc3-c3ccccc3)CC2=O)C=CC1. The minimum absolute atomic E-state index is 0.0369. The normalized spacial score (nSPS) is 17.8. The van der Waals surface area contributed by atoms with Crippen molar-refractivity contribution in [2.75, 3.05) is 26.7 Å². The Kier molecular flexibility index (Phi) is 7.01. The maximum atomic E-state index is 13.4. The first-order chi connectivity index (χ1) is 17.9. The van der Waals surface area contributed by atoms with Crippen LogP contribution in [-0.4, -0.2) is 69.2 Å². The zero-order valence-electron chi connectivity index (χ0n) is 21.4. The highest BCUT2D eigenvalue weighted by atomic mass is 16.5. The van der Waals surface area contributed by atoms with E-state index in [0.717, 1.165) is 40.2 Å². The second-order valence-corrected chi connectivity index (χ2v) is 9.46. The average molecular weight is 498 g/mol. The molecule has 1 unspecified atom stereocenters. The van der Waals surface area contributed by atoms with E-state index in [2.05, 4.69) is 4.98 Å². The van der Waals surface area contributed by atoms with Crippen molar-refractivity contribution in [2.24, 2.45) is 0 Å². The van der Waals surface area contributed by atoms with E-state index in [4.69, 9.17) is 9.84 Å². The van der Waals surface area contributed by atoms with E-state index in [9.17, 15) is 9.59 Å². The minimum Gasteiger partial charge on any atom is -0.377 e. The molecular weight excluding hydrogens is 466 g/mol. The van der Waals surface area contributed by atoms with Crippen LogP contribution >= 0.6 is 0 Å². The van der Waals surface area contributed by atoms with Crippen LogP contribution in [0.15, 0.2) is 72.6 Å². The number of rotatable bonds is 6. The fourth-order valence-corrected chi connectivity index (χ4v) is 4.64. The Bertz CT molecular complexity index is 1380. The molecule has 190 valence electrons. The predicted molar refractivity (Wildman–Crippen MR) is 141 cm³/mol. The standard InChI is InChI=1S/C29H31N5O3/c1-20-14-25(30-17-21(20)2)26-16-27(22-8-5-4-6-9-22)34(31-26)19-28(35)32-12-13-33(29(36)18-32)23-10-7-11-24(15-23)37-3/h4-10,14-17,24H,11-13,18-19H2,1-3H3. The van der Waals surface area contributed by atoms with E-state index in [1.54, 1.807) is 21.6 Å². The molecule has 1 aliphatic carbocycles. The second kappa shape index (κ2) is 10.5. The predicted octanol–water partition coefficient (Wildman–Crippen LogP) is 3.76. The molecule has 8 nitrogen and oxygen atoms in total. The van der Waals surface area contributed by atoms with Crippen LogP contribution in [0.1, 0.15) is 17.5 Å². The van der Waals surface area contributed by atoms with E-state index in [1.807, 2.05) is 80.7 Å². The lowest BCUT2D eigenvalue weighted by atomic mass is 10.1. The van der Waals surface area contributed by atoms with Gasteiger partial charge in [0, 0.05) is 32.1 Å². The zero-order chi connectivity index (χ0) is 25.9. The molecule has 0 bridgehead atoms. The van der Waals surface area contributed by atoms with Gasteiger partial charge in [0.1, 0.15) is 18.8 Å². The number of hydrogen-bond donors (Lipinski definition) is 0. The van der Waals surface area contributed by atoms with Crippen LogP contribution in [0.25, 0.3) is 22.6 Å². The molecule has 5 rings (SSSR count). The zero-order valence-corrected chi connectivity index (χ0v) is 21.4. The Morgan fingerprint density at radius 3 is 2.62 bits per heavy atom. The molecule has 0 radical (unpaired) electrons. The summed E-state index contributed by atoms with van der Waals surface area (Å²) in [4.78, 5) is 34.2. The first kappa shape index (κ1) is 24.6. The molecule has 8 heteroatoms. The van der Waals surface area contributed by atoms with Gasteiger partial charge in [0.2, 0.25) is 11.8 Å². The number of methoxy groups -OCH3 is 1. The Labute approximate surface area is 216 Å². The fraction of sp³-hybridized carbons (Fsp3) is 0.310. The molecule has 1 aliphatic heterocycles. The number of hydrogen-bond acceptors (Lipinski definition) is 5. The van der Waals surface area contributed by atoms with Crippen molar-refractivity contribution in [2.45, 2.75) is 32.9 Å². The van der Waals surface area contributed by atoms with Gasteiger partial charge in [0.15, 0.2) is 0 Å². The van der Waals surface area contributed by atoms with E-state index in [0.29, 0.717) is 18.8 Å². The molecule has 0 N–H and O–H groups in total. The molecule has 1 atom stereocenters. The number of amides is 2. The lowest BCUT2D eigenvalue weighted by molar-refractivity contribution is -0.144. The maximum absolute atomic E-state index is 13.4. The largest absolute Gasteiger partial charge is 0.377 e. The number of nitrogens with zero attached hydrogens (tertiary/aromatic N) is 5. The topological polar surface area (TPSA) is 80.6 Å². The third-order valence-electron chi connectivity index (χ3n) is 6.97. The Hall–Kier alpha value is -4.04. The van der Waals surface area contributed by atoms with Gasteiger partial charge < -0.3 is 14.5 Å². The molecule has 1 fully saturated rings. The molecule has 37 heavy (non-hydrogen) atoms. The molecular formula is C29H31N5O3. The molecule has 0 saturated carbocycles. The molecule has 0 spiro atoms. The van der Waals surface area contributed by atoms with Gasteiger partial charge in [-0.2, -0.15) is 5.10 Å². The van der Waals surface area contributed by atoms with Crippen molar-refractivity contribution in [3.05, 3.63) is 83.7 Å². The number of ether oxygens (including phenoxy) is 1. The molecule has 1 aromatic carbocycles. The van der Waals surface area contributed by atoms with Crippen LogP contribution < -0.4 is 0 Å². The Balaban J connectivity index is 1.36. The number of benzene rings is 1. The number of carbonyl (C=O) groups excluding carboxylic acids is 2. The van der Waals surface area contributed by atoms with E-state index in [-0.39, 0.29) is 31.0 Å². The van der Waals surface area contributed by atoms with Crippen LogP contribution in [0.5, 0.6) is 0 Å². The molecule has 2 amide bonds. The van der Waals surface area contributed by atoms with Gasteiger partial charge in [0.05, 0.1) is 17.5 Å². The van der Waals surface area contributed by atoms with E-state index in [1.165, 1.54) is 0 Å². The lowest BCUT2D eigenvalue weighted by Gasteiger charge is -2.36. The Morgan fingerprint density at radius 1 is 1.08 bits per heavy atom. The summed E-state index contributed by atoms with van der Waals surface area (Å²) in [7, 11) is 1.66. The summed E-state index contributed by atoms with van der Waals surface area (Å²) in [5.74, 6) is -0.244. The van der Waals surface area contributed by atoms with Crippen molar-refractivity contribution < 1.29 is 14.3 Å². The van der Waals surface area contributed by atoms with Crippen LogP contribution in [-0.2, 0) is 20.9 Å². The number of carbonyl (C=O) groups is 2. The van der Waals surface area contributed by atoms with Crippen LogP contribution in [0, 0.1) is 13.8 Å². The number of piperazine rings is 1. The summed E-state index contributed by atoms with van der Waals surface area (Å²) in [6.45, 7) is 5.05. The third kappa shape index (κ3) is 5.24. The first-order valence-electron chi connectivity index (χ1n) is 12.5. The van der Waals surface area contributed by atoms with Gasteiger partial charge in [-0.3, -0.25) is 19.3 Å². The molecule has 1 saturated heterocycles. The molecule has 2 aliphatic rings. The highest BCUT2D eigenvalue weighted by molar-refractivity contribution is 5.87. The first-order valence-corrected chi connectivity index (χ1v) is 12.5. The number of aromatic nitrogens is 3. The summed E-state index contributed by atoms with van der Waals surface area (Å²) in [6, 6.07) is 13.9. The van der Waals surface area contributed by atoms with Crippen LogP contribution in [0.2, 0.25) is 0 Å². The summed E-state index contributed by atoms with van der Waals surface area (Å²) < 4.78 is 7.14. The number of allylic oxidation sites excluding steroid dienone is 1. The summed E-state index contributed by atoms with van der Waals surface area (Å²) in [6.07, 6.45) is 8.52. The van der Waals surface area contributed by atoms with E-state index < -0.39 is 0 Å². The van der Waals surface area contributed by atoms with E-state index >= 15 is 0 Å². The quantitative estimate of drug-likeness (QED) is 0.518. The third-order valence-corrected chi connectivity index (χ3v) is 6.97. The second-order valence-electron chi connectivity index (χ2n) is 9.46. The molecule has 3 aromatic rings. The highest BCUT2D eigenvalue weighted by Gasteiger charge is 2.30. The van der Waals surface area contributed by atoms with Crippen molar-refractivity contribution in [1.82, 2.24) is 24.6 Å². The van der Waals surface area contributed by atoms with Crippen LogP contribution in [0.4, 0.5) is 0 Å². The van der Waals surface area contributed by atoms with Crippen molar-refractivity contribution >= 4 is 11.8 Å². The average Bonchev–Trinajstić information content (AvgIpc) is 3.34. The van der Waals surface area contributed by atoms with Crippen molar-refractivity contribution in [1.29, 1.82) is 0 Å². The maximum Gasteiger partial charge on any atom is 0.246 e. The minimum atomic E-state index is -0.143. The van der Waals surface area contributed by atoms with Gasteiger partial charge in [-0.15, -0.1) is 0 Å². The van der Waals surface area contributed by atoms with Gasteiger partial charge in [-0.1, -0.05) is 36.4 Å². The molecule has 2 aromatic heterocycles. The summed E-state index contributed by atoms with van der Waals surface area (Å²) in [5.41, 5.74) is 6.34. The van der Waals surface area contributed by atoms with Gasteiger partial charge in [-0.05, 0) is 61.2 Å². The Morgan fingerprint density at radius 2 is 1.89 bits per heavy atom. The number of aryl methyl sites for hydroxylation is 2. The summed E-state index contributed by atoms with van der Waals surface area (Å²) >= 11 is 0. The van der Waals surface area contributed by atoms with Crippen molar-refractivity contribution in [3.8, 4) is 22.6 Å². The monoisotopic (exact) mass is 497 g/mol. The van der Waals surface area contributed by atoms with Crippen molar-refractivity contribution in [3.63, 3.8) is 0 Å². The van der Waals surface area contributed by atoms with Crippen LogP contribution in [0.3, 0.4) is 0 Å². The van der Waals surface area contributed by atoms with Gasteiger partial charge >= 0.3 is 0 Å².